The van der Waals surface area contributed by atoms with Gasteiger partial charge in [-0.3, -0.25) is 0 Å². The van der Waals surface area contributed by atoms with Crippen molar-refractivity contribution in [2.75, 3.05) is 11.4 Å². The molecule has 0 bridgehead atoms. The normalized spacial score (nSPS) is 10.5. The summed E-state index contributed by atoms with van der Waals surface area (Å²) in [6.07, 6.45) is 0. The molecule has 2 rings (SSSR count). The molecule has 2 aromatic rings. The van der Waals surface area contributed by atoms with Crippen molar-refractivity contribution < 1.29 is 9.50 Å². The molecule has 1 aromatic heterocycles. The molecule has 0 aliphatic carbocycles. The van der Waals surface area contributed by atoms with E-state index >= 15 is 0 Å². The standard InChI is InChI=1S/C15H17FN2O/c1-3-18(14-6-4-5-13(16)9-14)15-8-7-12(10-19)11(2)17-15/h4-9,19H,3,10H2,1-2H3. The lowest BCUT2D eigenvalue weighted by atomic mass is 10.2. The van der Waals surface area contributed by atoms with Crippen LogP contribution in [0.4, 0.5) is 15.9 Å². The van der Waals surface area contributed by atoms with Crippen LogP contribution in [0.15, 0.2) is 36.4 Å². The maximum atomic E-state index is 13.3. The maximum absolute atomic E-state index is 13.3. The summed E-state index contributed by atoms with van der Waals surface area (Å²) in [5, 5.41) is 9.16. The summed E-state index contributed by atoms with van der Waals surface area (Å²) < 4.78 is 13.3. The molecule has 100 valence electrons. The van der Waals surface area contributed by atoms with Crippen molar-refractivity contribution in [1.82, 2.24) is 4.98 Å². The molecule has 0 aliphatic heterocycles. The molecular weight excluding hydrogens is 243 g/mol. The van der Waals surface area contributed by atoms with Crippen LogP contribution in [0.25, 0.3) is 0 Å². The number of nitrogens with zero attached hydrogens (tertiary/aromatic N) is 2. The Balaban J connectivity index is 2.39. The van der Waals surface area contributed by atoms with E-state index in [-0.39, 0.29) is 12.4 Å². The molecule has 0 atom stereocenters. The van der Waals surface area contributed by atoms with E-state index in [0.29, 0.717) is 6.54 Å². The second-order valence-electron chi connectivity index (χ2n) is 4.30. The van der Waals surface area contributed by atoms with Crippen molar-refractivity contribution in [3.8, 4) is 0 Å². The number of hydrogen-bond acceptors (Lipinski definition) is 3. The summed E-state index contributed by atoms with van der Waals surface area (Å²) in [7, 11) is 0. The van der Waals surface area contributed by atoms with E-state index < -0.39 is 0 Å². The van der Waals surface area contributed by atoms with Gasteiger partial charge in [0.25, 0.3) is 0 Å². The highest BCUT2D eigenvalue weighted by Gasteiger charge is 2.10. The van der Waals surface area contributed by atoms with E-state index in [1.54, 1.807) is 6.07 Å². The highest BCUT2D eigenvalue weighted by atomic mass is 19.1. The summed E-state index contributed by atoms with van der Waals surface area (Å²) in [5.74, 6) is 0.488. The van der Waals surface area contributed by atoms with Gasteiger partial charge in [-0.25, -0.2) is 9.37 Å². The van der Waals surface area contributed by atoms with Gasteiger partial charge in [0.2, 0.25) is 0 Å². The first-order chi connectivity index (χ1) is 9.15. The minimum Gasteiger partial charge on any atom is -0.392 e. The first-order valence-corrected chi connectivity index (χ1v) is 6.26. The minimum atomic E-state index is -0.264. The van der Waals surface area contributed by atoms with E-state index in [1.807, 2.05) is 36.9 Å². The van der Waals surface area contributed by atoms with E-state index in [4.69, 9.17) is 5.11 Å². The lowest BCUT2D eigenvalue weighted by Gasteiger charge is -2.23. The molecule has 0 unspecified atom stereocenters. The van der Waals surface area contributed by atoms with E-state index in [1.165, 1.54) is 12.1 Å². The van der Waals surface area contributed by atoms with Crippen molar-refractivity contribution >= 4 is 11.5 Å². The third kappa shape index (κ3) is 2.90. The SMILES string of the molecule is CCN(c1cccc(F)c1)c1ccc(CO)c(C)n1. The molecule has 0 radical (unpaired) electrons. The molecule has 19 heavy (non-hydrogen) atoms. The molecule has 0 saturated heterocycles. The number of rotatable bonds is 4. The van der Waals surface area contributed by atoms with Crippen molar-refractivity contribution in [1.29, 1.82) is 0 Å². The zero-order valence-corrected chi connectivity index (χ0v) is 11.1. The fourth-order valence-corrected chi connectivity index (χ4v) is 2.01. The van der Waals surface area contributed by atoms with Gasteiger partial charge in [0.1, 0.15) is 11.6 Å². The van der Waals surface area contributed by atoms with Gasteiger partial charge in [-0.2, -0.15) is 0 Å². The van der Waals surface area contributed by atoms with Crippen LogP contribution in [0.5, 0.6) is 0 Å². The van der Waals surface area contributed by atoms with Gasteiger partial charge < -0.3 is 10.0 Å². The zero-order valence-electron chi connectivity index (χ0n) is 11.1. The Hall–Kier alpha value is -1.94. The fraction of sp³-hybridized carbons (Fsp3) is 0.267. The molecule has 1 heterocycles. The Morgan fingerprint density at radius 2 is 2.05 bits per heavy atom. The van der Waals surface area contributed by atoms with Gasteiger partial charge in [-0.05, 0) is 43.7 Å². The Bertz CT molecular complexity index is 572. The van der Waals surface area contributed by atoms with Crippen LogP contribution in [0.3, 0.4) is 0 Å². The summed E-state index contributed by atoms with van der Waals surface area (Å²) >= 11 is 0. The summed E-state index contributed by atoms with van der Waals surface area (Å²) in [5.41, 5.74) is 2.36. The highest BCUT2D eigenvalue weighted by Crippen LogP contribution is 2.24. The van der Waals surface area contributed by atoms with E-state index in [9.17, 15) is 4.39 Å². The number of hydrogen-bond donors (Lipinski definition) is 1. The summed E-state index contributed by atoms with van der Waals surface area (Å²) in [6, 6.07) is 10.1. The molecule has 0 spiro atoms. The topological polar surface area (TPSA) is 36.4 Å². The second-order valence-corrected chi connectivity index (χ2v) is 4.30. The van der Waals surface area contributed by atoms with E-state index in [0.717, 1.165) is 22.8 Å². The van der Waals surface area contributed by atoms with Crippen molar-refractivity contribution in [3.63, 3.8) is 0 Å². The lowest BCUT2D eigenvalue weighted by Crippen LogP contribution is -2.18. The third-order valence-corrected chi connectivity index (χ3v) is 3.06. The molecule has 0 aliphatic rings. The monoisotopic (exact) mass is 260 g/mol. The predicted octanol–water partition coefficient (Wildman–Crippen LogP) is 3.18. The average molecular weight is 260 g/mol. The number of aliphatic hydroxyl groups excluding tert-OH is 1. The van der Waals surface area contributed by atoms with E-state index in [2.05, 4.69) is 4.98 Å². The smallest absolute Gasteiger partial charge is 0.133 e. The van der Waals surface area contributed by atoms with Gasteiger partial charge in [0.15, 0.2) is 0 Å². The number of aryl methyl sites for hydroxylation is 1. The highest BCUT2D eigenvalue weighted by molar-refractivity contribution is 5.60. The minimum absolute atomic E-state index is 0.0226. The van der Waals surface area contributed by atoms with Gasteiger partial charge in [0.05, 0.1) is 6.61 Å². The molecule has 0 saturated carbocycles. The zero-order chi connectivity index (χ0) is 13.8. The Labute approximate surface area is 112 Å². The van der Waals surface area contributed by atoms with Crippen LogP contribution in [0, 0.1) is 12.7 Å². The summed E-state index contributed by atoms with van der Waals surface area (Å²) in [4.78, 5) is 6.39. The largest absolute Gasteiger partial charge is 0.392 e. The van der Waals surface area contributed by atoms with Crippen LogP contribution < -0.4 is 4.90 Å². The Morgan fingerprint density at radius 3 is 2.63 bits per heavy atom. The number of aliphatic hydroxyl groups is 1. The number of aromatic nitrogens is 1. The first kappa shape index (κ1) is 13.5. The van der Waals surface area contributed by atoms with Gasteiger partial charge in [-0.1, -0.05) is 12.1 Å². The van der Waals surface area contributed by atoms with Crippen LogP contribution in [-0.2, 0) is 6.61 Å². The Kier molecular flexibility index (Phi) is 4.12. The number of pyridine rings is 1. The quantitative estimate of drug-likeness (QED) is 0.917. The second kappa shape index (κ2) is 5.80. The fourth-order valence-electron chi connectivity index (χ4n) is 2.01. The van der Waals surface area contributed by atoms with Crippen LogP contribution in [-0.4, -0.2) is 16.6 Å². The van der Waals surface area contributed by atoms with Gasteiger partial charge in [0, 0.05) is 17.9 Å². The number of halogens is 1. The number of anilines is 2. The van der Waals surface area contributed by atoms with Crippen LogP contribution in [0.1, 0.15) is 18.2 Å². The molecule has 0 amide bonds. The summed E-state index contributed by atoms with van der Waals surface area (Å²) in [6.45, 7) is 4.51. The van der Waals surface area contributed by atoms with Gasteiger partial charge in [-0.15, -0.1) is 0 Å². The van der Waals surface area contributed by atoms with Crippen LogP contribution in [0.2, 0.25) is 0 Å². The molecule has 1 aromatic carbocycles. The molecule has 3 nitrogen and oxygen atoms in total. The third-order valence-electron chi connectivity index (χ3n) is 3.06. The molecule has 4 heteroatoms. The van der Waals surface area contributed by atoms with Crippen LogP contribution >= 0.6 is 0 Å². The first-order valence-electron chi connectivity index (χ1n) is 6.26. The lowest BCUT2D eigenvalue weighted by molar-refractivity contribution is 0.280. The number of benzene rings is 1. The molecular formula is C15H17FN2O. The maximum Gasteiger partial charge on any atom is 0.133 e. The van der Waals surface area contributed by atoms with Crippen molar-refractivity contribution in [2.45, 2.75) is 20.5 Å². The average Bonchev–Trinajstić information content (AvgIpc) is 2.40. The molecule has 1 N–H and O–H groups in total. The van der Waals surface area contributed by atoms with Crippen molar-refractivity contribution in [2.24, 2.45) is 0 Å². The molecule has 0 fully saturated rings. The van der Waals surface area contributed by atoms with Gasteiger partial charge >= 0.3 is 0 Å². The van der Waals surface area contributed by atoms with Crippen molar-refractivity contribution in [3.05, 3.63) is 53.5 Å². The Morgan fingerprint density at radius 1 is 1.26 bits per heavy atom. The predicted molar refractivity (Wildman–Crippen MR) is 74.0 cm³/mol.